The van der Waals surface area contributed by atoms with E-state index in [-0.39, 0.29) is 18.0 Å². The Morgan fingerprint density at radius 2 is 1.88 bits per heavy atom. The van der Waals surface area contributed by atoms with Crippen LogP contribution in [0.15, 0.2) is 42.6 Å². The van der Waals surface area contributed by atoms with Crippen LogP contribution in [0.25, 0.3) is 5.65 Å². The monoisotopic (exact) mass is 343 g/mol. The third kappa shape index (κ3) is 3.52. The highest BCUT2D eigenvalue weighted by Gasteiger charge is 2.23. The van der Waals surface area contributed by atoms with Gasteiger partial charge in [-0.15, -0.1) is 0 Å². The van der Waals surface area contributed by atoms with Gasteiger partial charge in [-0.3, -0.25) is 9.20 Å². The summed E-state index contributed by atoms with van der Waals surface area (Å²) in [7, 11) is 0. The molecule has 0 atom stereocenters. The summed E-state index contributed by atoms with van der Waals surface area (Å²) in [5, 5.41) is 2.82. The number of carbonyl (C=O) groups is 1. The second kappa shape index (κ2) is 6.27. The molecule has 2 aromatic heterocycles. The summed E-state index contributed by atoms with van der Waals surface area (Å²) in [5.74, 6) is -3.12. The van der Waals surface area contributed by atoms with Gasteiger partial charge in [0.2, 0.25) is 0 Å². The van der Waals surface area contributed by atoms with Crippen LogP contribution < -0.4 is 5.32 Å². The van der Waals surface area contributed by atoms with Gasteiger partial charge < -0.3 is 5.32 Å². The first-order chi connectivity index (χ1) is 11.8. The number of nitrogens with zero attached hydrogens (tertiary/aromatic N) is 2. The Morgan fingerprint density at radius 1 is 1.20 bits per heavy atom. The number of halogens is 2. The molecule has 0 aliphatic carbocycles. The number of fused-ring (bicyclic) bond motifs is 1. The van der Waals surface area contributed by atoms with E-state index in [9.17, 15) is 13.6 Å². The summed E-state index contributed by atoms with van der Waals surface area (Å²) in [4.78, 5) is 16.9. The standard InChI is InChI=1S/C19H19F2N3O/c1-12-8-9-24-16(10-12)23-13(2)17(24)18(25)22-11-14-4-6-15(7-5-14)19(3,20)21/h4-10H,11H2,1-3H3,(H,22,25). The Bertz CT molecular complexity index is 924. The van der Waals surface area contributed by atoms with Gasteiger partial charge in [0.25, 0.3) is 11.8 Å². The van der Waals surface area contributed by atoms with Crippen molar-refractivity contribution in [3.8, 4) is 0 Å². The fourth-order valence-electron chi connectivity index (χ4n) is 2.72. The molecule has 0 saturated carbocycles. The molecule has 0 unspecified atom stereocenters. The first kappa shape index (κ1) is 17.1. The van der Waals surface area contributed by atoms with Gasteiger partial charge in [0, 0.05) is 25.2 Å². The van der Waals surface area contributed by atoms with Crippen LogP contribution in [0, 0.1) is 13.8 Å². The van der Waals surface area contributed by atoms with E-state index < -0.39 is 5.92 Å². The molecule has 0 fully saturated rings. The van der Waals surface area contributed by atoms with Crippen molar-refractivity contribution in [3.05, 3.63) is 70.7 Å². The quantitative estimate of drug-likeness (QED) is 0.778. The van der Waals surface area contributed by atoms with E-state index in [1.165, 1.54) is 12.1 Å². The normalized spacial score (nSPS) is 11.7. The van der Waals surface area contributed by atoms with Crippen LogP contribution in [0.1, 0.15) is 39.8 Å². The summed E-state index contributed by atoms with van der Waals surface area (Å²) in [6.07, 6.45) is 1.82. The molecule has 6 heteroatoms. The highest BCUT2D eigenvalue weighted by atomic mass is 19.3. The Kier molecular flexibility index (Phi) is 4.29. The Balaban J connectivity index is 1.76. The van der Waals surface area contributed by atoms with Gasteiger partial charge in [-0.25, -0.2) is 13.8 Å². The molecule has 1 N–H and O–H groups in total. The number of rotatable bonds is 4. The second-order valence-corrected chi connectivity index (χ2v) is 6.25. The molecule has 0 saturated heterocycles. The van der Waals surface area contributed by atoms with Crippen molar-refractivity contribution in [1.82, 2.24) is 14.7 Å². The van der Waals surface area contributed by atoms with E-state index in [0.717, 1.165) is 23.7 Å². The zero-order chi connectivity index (χ0) is 18.2. The molecule has 0 bridgehead atoms. The number of carbonyl (C=O) groups excluding carboxylic acids is 1. The number of nitrogens with one attached hydrogen (secondary N) is 1. The number of alkyl halides is 2. The number of aryl methyl sites for hydroxylation is 2. The van der Waals surface area contributed by atoms with Gasteiger partial charge in [-0.2, -0.15) is 0 Å². The van der Waals surface area contributed by atoms with Gasteiger partial charge >= 0.3 is 0 Å². The number of benzene rings is 1. The summed E-state index contributed by atoms with van der Waals surface area (Å²) in [6, 6.07) is 9.77. The van der Waals surface area contributed by atoms with Crippen molar-refractivity contribution in [2.45, 2.75) is 33.2 Å². The maximum Gasteiger partial charge on any atom is 0.270 e. The van der Waals surface area contributed by atoms with Gasteiger partial charge in [0.1, 0.15) is 11.3 Å². The van der Waals surface area contributed by atoms with Crippen molar-refractivity contribution in [3.63, 3.8) is 0 Å². The van der Waals surface area contributed by atoms with Crippen LogP contribution >= 0.6 is 0 Å². The number of aromatic nitrogens is 2. The van der Waals surface area contributed by atoms with Crippen LogP contribution in [0.3, 0.4) is 0 Å². The average molecular weight is 343 g/mol. The van der Waals surface area contributed by atoms with Crippen molar-refractivity contribution in [2.24, 2.45) is 0 Å². The third-order valence-corrected chi connectivity index (χ3v) is 4.08. The molecule has 0 aliphatic heterocycles. The lowest BCUT2D eigenvalue weighted by Crippen LogP contribution is -2.25. The molecular formula is C19H19F2N3O. The van der Waals surface area contributed by atoms with Crippen LogP contribution in [-0.4, -0.2) is 15.3 Å². The molecule has 0 aliphatic rings. The third-order valence-electron chi connectivity index (χ3n) is 4.08. The Hall–Kier alpha value is -2.76. The zero-order valence-electron chi connectivity index (χ0n) is 14.3. The number of pyridine rings is 1. The van der Waals surface area contributed by atoms with Gasteiger partial charge in [-0.1, -0.05) is 24.3 Å². The van der Waals surface area contributed by atoms with Crippen molar-refractivity contribution >= 4 is 11.6 Å². The summed E-state index contributed by atoms with van der Waals surface area (Å²) in [5.41, 5.74) is 3.62. The topological polar surface area (TPSA) is 46.4 Å². The lowest BCUT2D eigenvalue weighted by Gasteiger charge is -2.11. The molecule has 1 amide bonds. The number of hydrogen-bond donors (Lipinski definition) is 1. The molecule has 25 heavy (non-hydrogen) atoms. The van der Waals surface area contributed by atoms with Crippen molar-refractivity contribution < 1.29 is 13.6 Å². The number of imidazole rings is 1. The molecular weight excluding hydrogens is 324 g/mol. The molecule has 3 aromatic rings. The maximum absolute atomic E-state index is 13.2. The van der Waals surface area contributed by atoms with Crippen molar-refractivity contribution in [2.75, 3.05) is 0 Å². The van der Waals surface area contributed by atoms with Crippen LogP contribution in [-0.2, 0) is 12.5 Å². The van der Waals surface area contributed by atoms with Crippen LogP contribution in [0.2, 0.25) is 0 Å². The Morgan fingerprint density at radius 3 is 2.52 bits per heavy atom. The van der Waals surface area contributed by atoms with E-state index in [1.807, 2.05) is 25.3 Å². The molecule has 4 nitrogen and oxygen atoms in total. The van der Waals surface area contributed by atoms with E-state index in [1.54, 1.807) is 23.5 Å². The average Bonchev–Trinajstić information content (AvgIpc) is 2.87. The minimum atomic E-state index is -2.87. The van der Waals surface area contributed by atoms with Gasteiger partial charge in [0.05, 0.1) is 5.69 Å². The molecule has 3 rings (SSSR count). The molecule has 0 radical (unpaired) electrons. The number of hydrogen-bond acceptors (Lipinski definition) is 2. The summed E-state index contributed by atoms with van der Waals surface area (Å²) >= 11 is 0. The highest BCUT2D eigenvalue weighted by Crippen LogP contribution is 2.26. The largest absolute Gasteiger partial charge is 0.347 e. The number of amides is 1. The zero-order valence-corrected chi connectivity index (χ0v) is 14.3. The lowest BCUT2D eigenvalue weighted by molar-refractivity contribution is 0.0174. The van der Waals surface area contributed by atoms with E-state index in [0.29, 0.717) is 11.4 Å². The predicted octanol–water partition coefficient (Wildman–Crippen LogP) is 3.99. The fraction of sp³-hybridized carbons (Fsp3) is 0.263. The first-order valence-electron chi connectivity index (χ1n) is 7.96. The summed E-state index contributed by atoms with van der Waals surface area (Å²) < 4.78 is 28.2. The lowest BCUT2D eigenvalue weighted by atomic mass is 10.1. The Labute approximate surface area is 144 Å². The van der Waals surface area contributed by atoms with E-state index in [4.69, 9.17) is 0 Å². The highest BCUT2D eigenvalue weighted by molar-refractivity contribution is 5.94. The fourth-order valence-corrected chi connectivity index (χ4v) is 2.72. The molecule has 0 spiro atoms. The van der Waals surface area contributed by atoms with Crippen LogP contribution in [0.4, 0.5) is 8.78 Å². The van der Waals surface area contributed by atoms with Crippen molar-refractivity contribution in [1.29, 1.82) is 0 Å². The first-order valence-corrected chi connectivity index (χ1v) is 7.96. The smallest absolute Gasteiger partial charge is 0.270 e. The maximum atomic E-state index is 13.2. The van der Waals surface area contributed by atoms with Gasteiger partial charge in [0.15, 0.2) is 0 Å². The molecule has 1 aromatic carbocycles. The minimum absolute atomic E-state index is 0.0458. The molecule has 2 heterocycles. The second-order valence-electron chi connectivity index (χ2n) is 6.25. The van der Waals surface area contributed by atoms with E-state index in [2.05, 4.69) is 10.3 Å². The predicted molar refractivity (Wildman–Crippen MR) is 91.8 cm³/mol. The van der Waals surface area contributed by atoms with Crippen LogP contribution in [0.5, 0.6) is 0 Å². The summed E-state index contributed by atoms with van der Waals surface area (Å²) in [6.45, 7) is 4.87. The minimum Gasteiger partial charge on any atom is -0.347 e. The molecule has 130 valence electrons. The van der Waals surface area contributed by atoms with E-state index >= 15 is 0 Å². The van der Waals surface area contributed by atoms with Gasteiger partial charge in [-0.05, 0) is 37.1 Å². The SMILES string of the molecule is Cc1ccn2c(C(=O)NCc3ccc(C(C)(F)F)cc3)c(C)nc2c1.